The molecule has 4 aliphatic carbocycles. The topological polar surface area (TPSA) is 86.7 Å². The summed E-state index contributed by atoms with van der Waals surface area (Å²) in [5.41, 5.74) is 7.13. The van der Waals surface area contributed by atoms with Gasteiger partial charge >= 0.3 is 0 Å². The monoisotopic (exact) mass is 421 g/mol. The molecule has 4 aliphatic rings. The van der Waals surface area contributed by atoms with Gasteiger partial charge in [-0.2, -0.15) is 0 Å². The van der Waals surface area contributed by atoms with Crippen LogP contribution < -0.4 is 5.73 Å². The first-order valence-corrected chi connectivity index (χ1v) is 13.0. The second-order valence-corrected chi connectivity index (χ2v) is 12.2. The van der Waals surface area contributed by atoms with Gasteiger partial charge in [-0.05, 0) is 92.3 Å². The first-order chi connectivity index (χ1) is 14.2. The fourth-order valence-electron chi connectivity index (χ4n) is 9.19. The van der Waals surface area contributed by atoms with Gasteiger partial charge in [0.2, 0.25) is 0 Å². The maximum Gasteiger partial charge on any atom is 0.0592 e. The van der Waals surface area contributed by atoms with Crippen LogP contribution >= 0.6 is 0 Å². The van der Waals surface area contributed by atoms with Crippen molar-refractivity contribution in [3.8, 4) is 0 Å². The molecule has 0 aliphatic heterocycles. The standard InChI is InChI=1S/C26H47NO3/c1-4-5-6-7-8-20(29)18-9-10-22-24(18,2)14-12-23-25(3)13-11-17(28)15-19(25)21(30)16-26(22,23)27/h17-23,28-30H,4-16,27H2,1-3H3/t17?,18?,19?,20?,21-,22?,23+,24?,25-,26+/m0/s1. The van der Waals surface area contributed by atoms with Crippen molar-refractivity contribution >= 4 is 0 Å². The summed E-state index contributed by atoms with van der Waals surface area (Å²) in [5, 5.41) is 32.6. The van der Waals surface area contributed by atoms with Crippen molar-refractivity contribution in [2.75, 3.05) is 0 Å². The molecule has 0 spiro atoms. The summed E-state index contributed by atoms with van der Waals surface area (Å²) in [7, 11) is 0. The predicted octanol–water partition coefficient (Wildman–Crippen LogP) is 4.39. The van der Waals surface area contributed by atoms with E-state index in [1.54, 1.807) is 0 Å². The van der Waals surface area contributed by atoms with Crippen molar-refractivity contribution in [1.82, 2.24) is 0 Å². The van der Waals surface area contributed by atoms with Gasteiger partial charge in [-0.25, -0.2) is 0 Å². The normalized spacial score (nSPS) is 51.7. The van der Waals surface area contributed by atoms with Crippen molar-refractivity contribution in [1.29, 1.82) is 0 Å². The molecule has 10 atom stereocenters. The second kappa shape index (κ2) is 8.32. The number of hydrogen-bond acceptors (Lipinski definition) is 4. The van der Waals surface area contributed by atoms with Crippen LogP contribution in [0.25, 0.3) is 0 Å². The molecule has 0 aromatic carbocycles. The minimum atomic E-state index is -0.411. The molecular weight excluding hydrogens is 374 g/mol. The molecule has 4 saturated carbocycles. The molecule has 0 saturated heterocycles. The fraction of sp³-hybridized carbons (Fsp3) is 1.00. The second-order valence-electron chi connectivity index (χ2n) is 12.2. The molecule has 4 nitrogen and oxygen atoms in total. The third-order valence-electron chi connectivity index (χ3n) is 10.7. The van der Waals surface area contributed by atoms with Crippen molar-refractivity contribution in [3.05, 3.63) is 0 Å². The zero-order chi connectivity index (χ0) is 21.7. The van der Waals surface area contributed by atoms with Crippen molar-refractivity contribution in [2.24, 2.45) is 40.2 Å². The average molecular weight is 422 g/mol. The Hall–Kier alpha value is -0.160. The molecule has 6 unspecified atom stereocenters. The van der Waals surface area contributed by atoms with E-state index in [9.17, 15) is 15.3 Å². The molecule has 0 aromatic heterocycles. The third kappa shape index (κ3) is 3.49. The molecule has 4 rings (SSSR count). The van der Waals surface area contributed by atoms with Crippen LogP contribution in [0.2, 0.25) is 0 Å². The van der Waals surface area contributed by atoms with E-state index in [1.807, 2.05) is 0 Å². The van der Waals surface area contributed by atoms with Gasteiger partial charge < -0.3 is 21.1 Å². The van der Waals surface area contributed by atoms with E-state index in [4.69, 9.17) is 5.73 Å². The Bertz CT molecular complexity index is 613. The minimum Gasteiger partial charge on any atom is -0.393 e. The Morgan fingerprint density at radius 1 is 0.933 bits per heavy atom. The van der Waals surface area contributed by atoms with Crippen LogP contribution in [0.1, 0.15) is 104 Å². The molecule has 0 amide bonds. The van der Waals surface area contributed by atoms with E-state index in [0.717, 1.165) is 57.8 Å². The van der Waals surface area contributed by atoms with Crippen LogP contribution in [-0.2, 0) is 0 Å². The summed E-state index contributed by atoms with van der Waals surface area (Å²) < 4.78 is 0. The van der Waals surface area contributed by atoms with Crippen molar-refractivity contribution < 1.29 is 15.3 Å². The van der Waals surface area contributed by atoms with Crippen LogP contribution in [0.3, 0.4) is 0 Å². The molecule has 0 aromatic rings. The zero-order valence-corrected chi connectivity index (χ0v) is 19.7. The van der Waals surface area contributed by atoms with E-state index in [1.165, 1.54) is 19.3 Å². The Labute approximate surface area is 184 Å². The fourth-order valence-corrected chi connectivity index (χ4v) is 9.19. The zero-order valence-electron chi connectivity index (χ0n) is 19.7. The number of fused-ring (bicyclic) bond motifs is 5. The summed E-state index contributed by atoms with van der Waals surface area (Å²) >= 11 is 0. The van der Waals surface area contributed by atoms with Crippen LogP contribution in [0, 0.1) is 34.5 Å². The Morgan fingerprint density at radius 3 is 2.37 bits per heavy atom. The summed E-state index contributed by atoms with van der Waals surface area (Å²) in [6.07, 6.45) is 12.5. The number of unbranched alkanes of at least 4 members (excludes halogenated alkanes) is 3. The van der Waals surface area contributed by atoms with Gasteiger partial charge in [-0.15, -0.1) is 0 Å². The summed E-state index contributed by atoms with van der Waals surface area (Å²) in [5.74, 6) is 1.33. The highest BCUT2D eigenvalue weighted by atomic mass is 16.3. The number of nitrogens with two attached hydrogens (primary N) is 1. The number of hydrogen-bond donors (Lipinski definition) is 4. The largest absolute Gasteiger partial charge is 0.393 e. The van der Waals surface area contributed by atoms with Crippen LogP contribution in [0.5, 0.6) is 0 Å². The highest BCUT2D eigenvalue weighted by Crippen LogP contribution is 2.68. The lowest BCUT2D eigenvalue weighted by molar-refractivity contribution is -0.184. The van der Waals surface area contributed by atoms with E-state index >= 15 is 0 Å². The van der Waals surface area contributed by atoms with Crippen LogP contribution in [0.15, 0.2) is 0 Å². The van der Waals surface area contributed by atoms with Gasteiger partial charge in [0.15, 0.2) is 0 Å². The number of aliphatic hydroxyl groups excluding tert-OH is 3. The van der Waals surface area contributed by atoms with Gasteiger partial charge in [0.05, 0.1) is 18.3 Å². The molecule has 5 N–H and O–H groups in total. The summed E-state index contributed by atoms with van der Waals surface area (Å²) in [4.78, 5) is 0. The van der Waals surface area contributed by atoms with Crippen molar-refractivity contribution in [3.63, 3.8) is 0 Å². The van der Waals surface area contributed by atoms with Gasteiger partial charge in [0.25, 0.3) is 0 Å². The predicted molar refractivity (Wildman–Crippen MR) is 121 cm³/mol. The maximum atomic E-state index is 11.2. The highest BCUT2D eigenvalue weighted by Gasteiger charge is 2.67. The van der Waals surface area contributed by atoms with Gasteiger partial charge in [0, 0.05) is 5.54 Å². The summed E-state index contributed by atoms with van der Waals surface area (Å²) in [6, 6.07) is 0. The van der Waals surface area contributed by atoms with E-state index in [2.05, 4.69) is 20.8 Å². The lowest BCUT2D eigenvalue weighted by Crippen LogP contribution is -2.71. The molecule has 4 heteroatoms. The lowest BCUT2D eigenvalue weighted by Gasteiger charge is -2.66. The van der Waals surface area contributed by atoms with E-state index < -0.39 is 6.10 Å². The van der Waals surface area contributed by atoms with Gasteiger partial charge in [0.1, 0.15) is 0 Å². The number of rotatable bonds is 6. The minimum absolute atomic E-state index is 0.0316. The summed E-state index contributed by atoms with van der Waals surface area (Å²) in [6.45, 7) is 6.99. The first kappa shape index (κ1) is 23.0. The quantitative estimate of drug-likeness (QED) is 0.479. The van der Waals surface area contributed by atoms with Crippen LogP contribution in [-0.4, -0.2) is 39.2 Å². The smallest absolute Gasteiger partial charge is 0.0592 e. The van der Waals surface area contributed by atoms with E-state index in [-0.39, 0.29) is 34.5 Å². The lowest BCUT2D eigenvalue weighted by atomic mass is 9.41. The Kier molecular flexibility index (Phi) is 6.38. The molecule has 0 radical (unpaired) electrons. The highest BCUT2D eigenvalue weighted by molar-refractivity contribution is 5.20. The molecule has 30 heavy (non-hydrogen) atoms. The van der Waals surface area contributed by atoms with Crippen molar-refractivity contribution in [2.45, 2.75) is 128 Å². The molecule has 4 fully saturated rings. The SMILES string of the molecule is CCCCCCC(O)C1CCC2C1(C)CC[C@@H]1[C@@]3(C)CCC(O)CC3[C@@H](O)C[C@@]21N. The molecular formula is C26H47NO3. The first-order valence-electron chi connectivity index (χ1n) is 13.0. The third-order valence-corrected chi connectivity index (χ3v) is 10.7. The number of aliphatic hydroxyl groups is 3. The maximum absolute atomic E-state index is 11.2. The Balaban J connectivity index is 1.54. The van der Waals surface area contributed by atoms with Crippen LogP contribution in [0.4, 0.5) is 0 Å². The Morgan fingerprint density at radius 2 is 1.63 bits per heavy atom. The molecule has 174 valence electrons. The average Bonchev–Trinajstić information content (AvgIpc) is 3.05. The van der Waals surface area contributed by atoms with Gasteiger partial charge in [-0.3, -0.25) is 0 Å². The van der Waals surface area contributed by atoms with Gasteiger partial charge in [-0.1, -0.05) is 46.5 Å². The molecule has 0 bridgehead atoms. The molecule has 0 heterocycles. The van der Waals surface area contributed by atoms with E-state index in [0.29, 0.717) is 24.2 Å².